The SMILES string of the molecule is CC1CNC(=O)c2cc(Oc3ccccc3)ccc21. The molecule has 19 heavy (non-hydrogen) atoms. The number of benzene rings is 2. The second-order valence-electron chi connectivity index (χ2n) is 4.78. The molecule has 1 aliphatic heterocycles. The van der Waals surface area contributed by atoms with Crippen LogP contribution in [0, 0.1) is 0 Å². The number of rotatable bonds is 2. The Kier molecular flexibility index (Phi) is 2.95. The molecule has 0 fully saturated rings. The molecule has 1 heterocycles. The summed E-state index contributed by atoms with van der Waals surface area (Å²) >= 11 is 0. The van der Waals surface area contributed by atoms with E-state index >= 15 is 0 Å². The van der Waals surface area contributed by atoms with E-state index in [1.54, 1.807) is 0 Å². The Bertz CT molecular complexity index is 607. The van der Waals surface area contributed by atoms with Crippen LogP contribution >= 0.6 is 0 Å². The second-order valence-corrected chi connectivity index (χ2v) is 4.78. The van der Waals surface area contributed by atoms with E-state index in [4.69, 9.17) is 4.74 Å². The summed E-state index contributed by atoms with van der Waals surface area (Å²) in [6.07, 6.45) is 0. The van der Waals surface area contributed by atoms with Crippen molar-refractivity contribution in [1.82, 2.24) is 5.32 Å². The Morgan fingerprint density at radius 3 is 2.68 bits per heavy atom. The third-order valence-corrected chi connectivity index (χ3v) is 3.35. The van der Waals surface area contributed by atoms with Gasteiger partial charge < -0.3 is 10.1 Å². The number of carbonyl (C=O) groups is 1. The molecule has 0 radical (unpaired) electrons. The van der Waals surface area contributed by atoms with Crippen molar-refractivity contribution in [2.45, 2.75) is 12.8 Å². The Labute approximate surface area is 112 Å². The largest absolute Gasteiger partial charge is 0.457 e. The van der Waals surface area contributed by atoms with Crippen LogP contribution in [0.2, 0.25) is 0 Å². The Balaban J connectivity index is 1.93. The predicted octanol–water partition coefficient (Wildman–Crippen LogP) is 3.33. The fourth-order valence-corrected chi connectivity index (χ4v) is 2.30. The van der Waals surface area contributed by atoms with Crippen molar-refractivity contribution < 1.29 is 9.53 Å². The van der Waals surface area contributed by atoms with E-state index in [0.717, 1.165) is 11.3 Å². The molecule has 3 rings (SSSR count). The molecule has 2 aromatic rings. The molecule has 0 aromatic heterocycles. The summed E-state index contributed by atoms with van der Waals surface area (Å²) in [5, 5.41) is 2.88. The number of hydrogen-bond donors (Lipinski definition) is 1. The number of amides is 1. The van der Waals surface area contributed by atoms with E-state index in [0.29, 0.717) is 23.8 Å². The van der Waals surface area contributed by atoms with Gasteiger partial charge in [0.1, 0.15) is 11.5 Å². The summed E-state index contributed by atoms with van der Waals surface area (Å²) in [7, 11) is 0. The van der Waals surface area contributed by atoms with Crippen LogP contribution in [-0.2, 0) is 0 Å². The highest BCUT2D eigenvalue weighted by Gasteiger charge is 2.22. The molecule has 1 unspecified atom stereocenters. The van der Waals surface area contributed by atoms with Crippen molar-refractivity contribution in [3.05, 3.63) is 59.7 Å². The molecule has 0 spiro atoms. The maximum absolute atomic E-state index is 11.9. The molecular formula is C16H15NO2. The summed E-state index contributed by atoms with van der Waals surface area (Å²) < 4.78 is 5.75. The van der Waals surface area contributed by atoms with E-state index in [2.05, 4.69) is 12.2 Å². The average Bonchev–Trinajstić information content (AvgIpc) is 2.44. The summed E-state index contributed by atoms with van der Waals surface area (Å²) in [5.74, 6) is 1.78. The molecule has 2 aromatic carbocycles. The van der Waals surface area contributed by atoms with E-state index < -0.39 is 0 Å². The summed E-state index contributed by atoms with van der Waals surface area (Å²) in [5.41, 5.74) is 1.80. The Morgan fingerprint density at radius 1 is 1.11 bits per heavy atom. The zero-order valence-corrected chi connectivity index (χ0v) is 10.7. The van der Waals surface area contributed by atoms with Gasteiger partial charge in [-0.1, -0.05) is 31.2 Å². The normalized spacial score (nSPS) is 17.5. The molecule has 3 heteroatoms. The molecule has 1 aliphatic rings. The van der Waals surface area contributed by atoms with Gasteiger partial charge in [-0.3, -0.25) is 4.79 Å². The molecule has 0 saturated carbocycles. The van der Waals surface area contributed by atoms with E-state index in [1.165, 1.54) is 0 Å². The molecule has 3 nitrogen and oxygen atoms in total. The van der Waals surface area contributed by atoms with Crippen molar-refractivity contribution in [2.24, 2.45) is 0 Å². The fourth-order valence-electron chi connectivity index (χ4n) is 2.30. The lowest BCUT2D eigenvalue weighted by Gasteiger charge is -2.23. The van der Waals surface area contributed by atoms with E-state index in [1.807, 2.05) is 48.5 Å². The summed E-state index contributed by atoms with van der Waals surface area (Å²) in [4.78, 5) is 11.9. The second kappa shape index (κ2) is 4.76. The molecule has 1 amide bonds. The summed E-state index contributed by atoms with van der Waals surface area (Å²) in [6.45, 7) is 2.81. The maximum atomic E-state index is 11.9. The highest BCUT2D eigenvalue weighted by Crippen LogP contribution is 2.29. The third kappa shape index (κ3) is 2.32. The highest BCUT2D eigenvalue weighted by molar-refractivity contribution is 5.97. The zero-order chi connectivity index (χ0) is 13.2. The number of fused-ring (bicyclic) bond motifs is 1. The van der Waals surface area contributed by atoms with Gasteiger partial charge in [0.25, 0.3) is 5.91 Å². The van der Waals surface area contributed by atoms with Gasteiger partial charge in [-0.05, 0) is 35.7 Å². The lowest BCUT2D eigenvalue weighted by molar-refractivity contribution is 0.0941. The van der Waals surface area contributed by atoms with Gasteiger partial charge in [0.15, 0.2) is 0 Å². The number of hydrogen-bond acceptors (Lipinski definition) is 2. The lowest BCUT2D eigenvalue weighted by Crippen LogP contribution is -2.33. The quantitative estimate of drug-likeness (QED) is 0.891. The average molecular weight is 253 g/mol. The van der Waals surface area contributed by atoms with Gasteiger partial charge in [0.2, 0.25) is 0 Å². The van der Waals surface area contributed by atoms with Crippen molar-refractivity contribution in [3.8, 4) is 11.5 Å². The maximum Gasteiger partial charge on any atom is 0.251 e. The minimum atomic E-state index is -0.0217. The zero-order valence-electron chi connectivity index (χ0n) is 10.7. The van der Waals surface area contributed by atoms with Crippen LogP contribution < -0.4 is 10.1 Å². The van der Waals surface area contributed by atoms with E-state index in [9.17, 15) is 4.79 Å². The van der Waals surface area contributed by atoms with Crippen molar-refractivity contribution in [2.75, 3.05) is 6.54 Å². The third-order valence-electron chi connectivity index (χ3n) is 3.35. The van der Waals surface area contributed by atoms with Crippen LogP contribution in [0.4, 0.5) is 0 Å². The number of nitrogens with one attached hydrogen (secondary N) is 1. The number of ether oxygens (including phenoxy) is 1. The molecule has 0 aliphatic carbocycles. The van der Waals surface area contributed by atoms with Crippen LogP contribution in [0.5, 0.6) is 11.5 Å². The van der Waals surface area contributed by atoms with E-state index in [-0.39, 0.29) is 5.91 Å². The Morgan fingerprint density at radius 2 is 1.89 bits per heavy atom. The molecule has 0 saturated heterocycles. The van der Waals surface area contributed by atoms with Crippen LogP contribution in [-0.4, -0.2) is 12.5 Å². The minimum absolute atomic E-state index is 0.0217. The van der Waals surface area contributed by atoms with Gasteiger partial charge in [-0.25, -0.2) is 0 Å². The topological polar surface area (TPSA) is 38.3 Å². The molecule has 1 N–H and O–H groups in total. The first-order chi connectivity index (χ1) is 9.24. The molecule has 0 bridgehead atoms. The molecular weight excluding hydrogens is 238 g/mol. The molecule has 96 valence electrons. The van der Waals surface area contributed by atoms with Crippen molar-refractivity contribution in [1.29, 1.82) is 0 Å². The first kappa shape index (κ1) is 11.8. The van der Waals surface area contributed by atoms with Gasteiger partial charge in [0, 0.05) is 12.1 Å². The van der Waals surface area contributed by atoms with Crippen molar-refractivity contribution >= 4 is 5.91 Å². The predicted molar refractivity (Wildman–Crippen MR) is 73.7 cm³/mol. The van der Waals surface area contributed by atoms with Crippen LogP contribution in [0.1, 0.15) is 28.8 Å². The lowest BCUT2D eigenvalue weighted by atomic mass is 9.92. The molecule has 1 atom stereocenters. The first-order valence-electron chi connectivity index (χ1n) is 6.39. The van der Waals surface area contributed by atoms with Crippen LogP contribution in [0.3, 0.4) is 0 Å². The van der Waals surface area contributed by atoms with Crippen molar-refractivity contribution in [3.63, 3.8) is 0 Å². The smallest absolute Gasteiger partial charge is 0.251 e. The number of para-hydroxylation sites is 1. The highest BCUT2D eigenvalue weighted by atomic mass is 16.5. The van der Waals surface area contributed by atoms with Gasteiger partial charge >= 0.3 is 0 Å². The standard InChI is InChI=1S/C16H15NO2/c1-11-10-17-16(18)15-9-13(7-8-14(11)15)19-12-5-3-2-4-6-12/h2-9,11H,10H2,1H3,(H,17,18). The van der Waals surface area contributed by atoms with Gasteiger partial charge in [0.05, 0.1) is 0 Å². The fraction of sp³-hybridized carbons (Fsp3) is 0.188. The van der Waals surface area contributed by atoms with Crippen LogP contribution in [0.25, 0.3) is 0 Å². The van der Waals surface area contributed by atoms with Crippen LogP contribution in [0.15, 0.2) is 48.5 Å². The number of carbonyl (C=O) groups excluding carboxylic acids is 1. The monoisotopic (exact) mass is 253 g/mol. The van der Waals surface area contributed by atoms with Gasteiger partial charge in [-0.15, -0.1) is 0 Å². The van der Waals surface area contributed by atoms with Gasteiger partial charge in [-0.2, -0.15) is 0 Å². The Hall–Kier alpha value is -2.29. The minimum Gasteiger partial charge on any atom is -0.457 e. The first-order valence-corrected chi connectivity index (χ1v) is 6.39. The summed E-state index contributed by atoms with van der Waals surface area (Å²) in [6, 6.07) is 15.3.